The molecule has 3 aliphatic rings. The normalized spacial score (nSPS) is 29.0. The van der Waals surface area contributed by atoms with E-state index in [0.717, 1.165) is 24.7 Å². The lowest BCUT2D eigenvalue weighted by molar-refractivity contribution is -0.689. The lowest BCUT2D eigenvalue weighted by atomic mass is 9.73. The molecular formula is C21H27N4O2+. The first-order chi connectivity index (χ1) is 13.2. The topological polar surface area (TPSA) is 66.2 Å². The summed E-state index contributed by atoms with van der Waals surface area (Å²) in [6.07, 6.45) is 5.37. The number of benzene rings is 1. The zero-order valence-electron chi connectivity index (χ0n) is 15.8. The summed E-state index contributed by atoms with van der Waals surface area (Å²) < 4.78 is 5.77. The summed E-state index contributed by atoms with van der Waals surface area (Å²) in [5, 5.41) is 2.36. The highest BCUT2D eigenvalue weighted by atomic mass is 16.3. The van der Waals surface area contributed by atoms with E-state index in [1.807, 2.05) is 13.0 Å². The van der Waals surface area contributed by atoms with Gasteiger partial charge in [0.2, 0.25) is 11.8 Å². The van der Waals surface area contributed by atoms with Crippen LogP contribution in [0, 0.1) is 12.8 Å². The number of fused-ring (bicyclic) bond motifs is 1. The number of oxazole rings is 1. The Morgan fingerprint density at radius 2 is 2.11 bits per heavy atom. The first kappa shape index (κ1) is 17.0. The van der Waals surface area contributed by atoms with E-state index in [9.17, 15) is 4.79 Å². The molecule has 2 atom stereocenters. The van der Waals surface area contributed by atoms with Gasteiger partial charge in [-0.3, -0.25) is 4.79 Å². The van der Waals surface area contributed by atoms with Gasteiger partial charge >= 0.3 is 0 Å². The number of aromatic nitrogens is 1. The minimum Gasteiger partial charge on any atom is -0.447 e. The van der Waals surface area contributed by atoms with Gasteiger partial charge in [0.1, 0.15) is 25.4 Å². The second-order valence-corrected chi connectivity index (χ2v) is 8.17. The number of nitrogens with zero attached hydrogens (tertiary/aromatic N) is 3. The number of carbonyl (C=O) groups is 1. The molecule has 1 aromatic carbocycles. The summed E-state index contributed by atoms with van der Waals surface area (Å²) >= 11 is 0. The van der Waals surface area contributed by atoms with Crippen LogP contribution >= 0.6 is 0 Å². The standard InChI is InChI=1S/C21H26N4O2/c1-15-13-27-20(23-15)18-10-22-14-21(17-8-5-9-17)24(18)12-19(26)25(21)11-16-6-3-2-4-7-16/h2-4,6-7,13,17-18,22H,5,8-12,14H2,1H3/p+1. The van der Waals surface area contributed by atoms with Crippen molar-refractivity contribution in [2.45, 2.75) is 44.4 Å². The minimum atomic E-state index is -0.226. The van der Waals surface area contributed by atoms with Crippen LogP contribution in [0.1, 0.15) is 42.5 Å². The monoisotopic (exact) mass is 367 g/mol. The number of nitrogens with two attached hydrogens (primary N) is 1. The summed E-state index contributed by atoms with van der Waals surface area (Å²) in [5.41, 5.74) is 1.87. The Balaban J connectivity index is 1.53. The minimum absolute atomic E-state index is 0.0535. The van der Waals surface area contributed by atoms with Crippen LogP contribution in [-0.2, 0) is 11.3 Å². The zero-order chi connectivity index (χ0) is 18.4. The van der Waals surface area contributed by atoms with Gasteiger partial charge in [0.15, 0.2) is 5.66 Å². The molecule has 1 amide bonds. The molecule has 2 aliphatic heterocycles. The molecule has 0 spiro atoms. The van der Waals surface area contributed by atoms with Crippen LogP contribution < -0.4 is 5.32 Å². The summed E-state index contributed by atoms with van der Waals surface area (Å²) in [7, 11) is 0. The number of rotatable bonds is 4. The fraction of sp³-hybridized carbons (Fsp3) is 0.524. The van der Waals surface area contributed by atoms with Crippen LogP contribution in [0.25, 0.3) is 0 Å². The third kappa shape index (κ3) is 2.62. The Hall–Kier alpha value is -2.18. The van der Waals surface area contributed by atoms with Crippen molar-refractivity contribution in [1.82, 2.24) is 14.8 Å². The number of amides is 1. The molecular weight excluding hydrogens is 340 g/mol. The SMILES string of the molecule is Cc1coc(C2C[NH2+]CC3(C4CCC4)N(Cc4ccccc4)C(=O)CN23)n1. The van der Waals surface area contributed by atoms with E-state index < -0.39 is 0 Å². The van der Waals surface area contributed by atoms with Gasteiger partial charge in [-0.1, -0.05) is 36.8 Å². The van der Waals surface area contributed by atoms with Crippen LogP contribution in [0.4, 0.5) is 0 Å². The van der Waals surface area contributed by atoms with Crippen molar-refractivity contribution in [3.63, 3.8) is 0 Å². The molecule has 27 heavy (non-hydrogen) atoms. The summed E-state index contributed by atoms with van der Waals surface area (Å²) in [4.78, 5) is 22.4. The van der Waals surface area contributed by atoms with Crippen LogP contribution in [0.3, 0.4) is 0 Å². The third-order valence-corrected chi connectivity index (χ3v) is 6.65. The van der Waals surface area contributed by atoms with Crippen molar-refractivity contribution < 1.29 is 14.5 Å². The summed E-state index contributed by atoms with van der Waals surface area (Å²) in [6.45, 7) is 4.92. The number of piperazine rings is 1. The van der Waals surface area contributed by atoms with Gasteiger partial charge in [0.25, 0.3) is 0 Å². The molecule has 2 N–H and O–H groups in total. The van der Waals surface area contributed by atoms with Gasteiger partial charge in [-0.05, 0) is 25.3 Å². The molecule has 3 heterocycles. The van der Waals surface area contributed by atoms with Gasteiger partial charge in [-0.25, -0.2) is 9.88 Å². The van der Waals surface area contributed by atoms with Gasteiger partial charge < -0.3 is 14.6 Å². The molecule has 0 radical (unpaired) electrons. The van der Waals surface area contributed by atoms with Crippen molar-refractivity contribution in [3.05, 3.63) is 53.7 Å². The molecule has 0 bridgehead atoms. The van der Waals surface area contributed by atoms with Gasteiger partial charge in [0.05, 0.1) is 12.2 Å². The molecule has 6 nitrogen and oxygen atoms in total. The first-order valence-corrected chi connectivity index (χ1v) is 10.0. The van der Waals surface area contributed by atoms with Gasteiger partial charge in [-0.2, -0.15) is 0 Å². The van der Waals surface area contributed by atoms with Gasteiger partial charge in [0, 0.05) is 12.5 Å². The van der Waals surface area contributed by atoms with E-state index in [1.165, 1.54) is 24.8 Å². The second kappa shape index (κ2) is 6.46. The van der Waals surface area contributed by atoms with E-state index in [-0.39, 0.29) is 17.6 Å². The number of hydrogen-bond acceptors (Lipinski definition) is 4. The fourth-order valence-corrected chi connectivity index (χ4v) is 5.17. The molecule has 1 aliphatic carbocycles. The Labute approximate surface area is 159 Å². The quantitative estimate of drug-likeness (QED) is 0.888. The molecule has 1 aromatic heterocycles. The van der Waals surface area contributed by atoms with Crippen LogP contribution in [-0.4, -0.2) is 46.0 Å². The van der Waals surface area contributed by atoms with Crippen molar-refractivity contribution in [2.75, 3.05) is 19.6 Å². The van der Waals surface area contributed by atoms with Crippen molar-refractivity contribution >= 4 is 5.91 Å². The number of carbonyl (C=O) groups excluding carboxylic acids is 1. The molecule has 5 rings (SSSR count). The largest absolute Gasteiger partial charge is 0.447 e. The average Bonchev–Trinajstić information content (AvgIpc) is 3.17. The Morgan fingerprint density at radius 1 is 1.30 bits per heavy atom. The highest BCUT2D eigenvalue weighted by molar-refractivity contribution is 5.82. The molecule has 1 saturated carbocycles. The molecule has 2 unspecified atom stereocenters. The van der Waals surface area contributed by atoms with E-state index in [1.54, 1.807) is 6.26 Å². The van der Waals surface area contributed by atoms with Crippen molar-refractivity contribution in [1.29, 1.82) is 0 Å². The average molecular weight is 367 g/mol. The maximum atomic E-state index is 13.2. The molecule has 2 saturated heterocycles. The predicted octanol–water partition coefficient (Wildman–Crippen LogP) is 1.44. The lowest BCUT2D eigenvalue weighted by Gasteiger charge is -2.54. The summed E-state index contributed by atoms with van der Waals surface area (Å²) in [6, 6.07) is 10.4. The smallest absolute Gasteiger partial charge is 0.238 e. The van der Waals surface area contributed by atoms with Crippen LogP contribution in [0.15, 0.2) is 41.0 Å². The number of quaternary nitrogens is 1. The van der Waals surface area contributed by atoms with E-state index in [2.05, 4.69) is 44.4 Å². The van der Waals surface area contributed by atoms with Crippen LogP contribution in [0.5, 0.6) is 0 Å². The molecule has 2 aromatic rings. The highest BCUT2D eigenvalue weighted by Gasteiger charge is 2.62. The first-order valence-electron chi connectivity index (χ1n) is 10.0. The Bertz CT molecular complexity index is 832. The molecule has 142 valence electrons. The van der Waals surface area contributed by atoms with E-state index in [0.29, 0.717) is 19.0 Å². The lowest BCUT2D eigenvalue weighted by Crippen LogP contribution is -2.96. The van der Waals surface area contributed by atoms with E-state index in [4.69, 9.17) is 4.42 Å². The van der Waals surface area contributed by atoms with Crippen LogP contribution in [0.2, 0.25) is 0 Å². The third-order valence-electron chi connectivity index (χ3n) is 6.65. The predicted molar refractivity (Wildman–Crippen MR) is 99.4 cm³/mol. The Kier molecular flexibility index (Phi) is 4.06. The molecule has 3 fully saturated rings. The number of hydrogen-bond donors (Lipinski definition) is 1. The van der Waals surface area contributed by atoms with Crippen molar-refractivity contribution in [3.8, 4) is 0 Å². The Morgan fingerprint density at radius 3 is 2.78 bits per heavy atom. The number of aryl methyl sites for hydroxylation is 1. The molecule has 6 heteroatoms. The second-order valence-electron chi connectivity index (χ2n) is 8.17. The fourth-order valence-electron chi connectivity index (χ4n) is 5.17. The van der Waals surface area contributed by atoms with Gasteiger partial charge in [-0.15, -0.1) is 0 Å². The highest BCUT2D eigenvalue weighted by Crippen LogP contribution is 2.48. The zero-order valence-corrected chi connectivity index (χ0v) is 15.8. The maximum absolute atomic E-state index is 13.2. The van der Waals surface area contributed by atoms with Crippen molar-refractivity contribution in [2.24, 2.45) is 5.92 Å². The maximum Gasteiger partial charge on any atom is 0.238 e. The summed E-state index contributed by atoms with van der Waals surface area (Å²) in [5.74, 6) is 1.51. The van der Waals surface area contributed by atoms with E-state index >= 15 is 0 Å².